The van der Waals surface area contributed by atoms with Gasteiger partial charge in [0.15, 0.2) is 10.8 Å². The molecular formula is C15H15Cl3F3N3S. The molecule has 2 aromatic rings. The van der Waals surface area contributed by atoms with E-state index in [1.165, 1.54) is 12.1 Å². The van der Waals surface area contributed by atoms with Gasteiger partial charge in [-0.25, -0.2) is 4.98 Å². The fourth-order valence-corrected chi connectivity index (χ4v) is 4.09. The molecular weight excluding hydrogens is 418 g/mol. The van der Waals surface area contributed by atoms with Gasteiger partial charge >= 0.3 is 6.18 Å². The summed E-state index contributed by atoms with van der Waals surface area (Å²) in [5.74, 6) is 0. The predicted molar refractivity (Wildman–Crippen MR) is 98.5 cm³/mol. The number of alkyl halides is 3. The molecule has 0 fully saturated rings. The average molecular weight is 433 g/mol. The first-order chi connectivity index (χ1) is 11.7. The molecule has 0 aliphatic heterocycles. The Bertz CT molecular complexity index is 722. The van der Waals surface area contributed by atoms with Crippen molar-refractivity contribution in [2.75, 3.05) is 18.4 Å². The Balaban J connectivity index is 2.38. The first-order valence-corrected chi connectivity index (χ1v) is 9.31. The average Bonchev–Trinajstić information content (AvgIpc) is 2.91. The maximum absolute atomic E-state index is 13.3. The van der Waals surface area contributed by atoms with Crippen LogP contribution in [0.2, 0.25) is 15.1 Å². The minimum atomic E-state index is -4.54. The van der Waals surface area contributed by atoms with Gasteiger partial charge in [0.05, 0.1) is 20.6 Å². The van der Waals surface area contributed by atoms with Gasteiger partial charge in [-0.3, -0.25) is 4.90 Å². The predicted octanol–water partition coefficient (Wildman–Crippen LogP) is 6.71. The van der Waals surface area contributed by atoms with Crippen molar-refractivity contribution in [3.05, 3.63) is 37.8 Å². The van der Waals surface area contributed by atoms with Crippen LogP contribution in [-0.4, -0.2) is 23.0 Å². The summed E-state index contributed by atoms with van der Waals surface area (Å²) < 4.78 is 39.9. The molecule has 1 heterocycles. The van der Waals surface area contributed by atoms with Crippen molar-refractivity contribution in [1.82, 2.24) is 9.88 Å². The highest BCUT2D eigenvalue weighted by Crippen LogP contribution is 2.40. The third-order valence-corrected chi connectivity index (χ3v) is 5.24. The van der Waals surface area contributed by atoms with Gasteiger partial charge in [-0.1, -0.05) is 60.0 Å². The van der Waals surface area contributed by atoms with Crippen LogP contribution in [0.1, 0.15) is 24.4 Å². The molecule has 0 unspecified atom stereocenters. The summed E-state index contributed by atoms with van der Waals surface area (Å²) in [6, 6.07) is 2.90. The van der Waals surface area contributed by atoms with Crippen LogP contribution in [0, 0.1) is 0 Å². The lowest BCUT2D eigenvalue weighted by molar-refractivity contribution is -0.141. The molecule has 0 bridgehead atoms. The van der Waals surface area contributed by atoms with Crippen molar-refractivity contribution in [2.45, 2.75) is 26.6 Å². The Hall–Kier alpha value is -0.730. The van der Waals surface area contributed by atoms with E-state index in [9.17, 15) is 13.2 Å². The van der Waals surface area contributed by atoms with E-state index in [1.54, 1.807) is 0 Å². The van der Waals surface area contributed by atoms with Crippen molar-refractivity contribution in [3.8, 4) is 0 Å². The molecule has 1 N–H and O–H groups in total. The largest absolute Gasteiger partial charge is 0.434 e. The zero-order valence-corrected chi connectivity index (χ0v) is 16.4. The van der Waals surface area contributed by atoms with Gasteiger partial charge in [0, 0.05) is 11.6 Å². The highest BCUT2D eigenvalue weighted by atomic mass is 35.5. The Morgan fingerprint density at radius 1 is 1.12 bits per heavy atom. The van der Waals surface area contributed by atoms with Crippen LogP contribution in [-0.2, 0) is 12.7 Å². The van der Waals surface area contributed by atoms with Gasteiger partial charge in [-0.15, -0.1) is 0 Å². The monoisotopic (exact) mass is 431 g/mol. The van der Waals surface area contributed by atoms with Crippen molar-refractivity contribution in [3.63, 3.8) is 0 Å². The van der Waals surface area contributed by atoms with E-state index in [0.717, 1.165) is 11.3 Å². The number of rotatable bonds is 6. The van der Waals surface area contributed by atoms with Gasteiger partial charge in [0.25, 0.3) is 0 Å². The lowest BCUT2D eigenvalue weighted by Gasteiger charge is -2.17. The van der Waals surface area contributed by atoms with Crippen LogP contribution >= 0.6 is 46.1 Å². The Labute approximate surface area is 162 Å². The summed E-state index contributed by atoms with van der Waals surface area (Å²) in [5.41, 5.74) is -0.627. The number of nitrogens with one attached hydrogen (secondary N) is 1. The molecule has 2 rings (SSSR count). The van der Waals surface area contributed by atoms with Crippen LogP contribution in [0.25, 0.3) is 0 Å². The normalized spacial score (nSPS) is 12.0. The SMILES string of the molecule is CCN(CC)Cc1sc(Nc2c(Cl)cc(Cl)cc2Cl)nc1C(F)(F)F. The fraction of sp³-hybridized carbons (Fsp3) is 0.400. The lowest BCUT2D eigenvalue weighted by atomic mass is 10.3. The second-order valence-corrected chi connectivity index (χ2v) is 7.45. The van der Waals surface area contributed by atoms with Gasteiger partial charge in [-0.05, 0) is 25.2 Å². The van der Waals surface area contributed by atoms with Crippen LogP contribution in [0.5, 0.6) is 0 Å². The molecule has 1 aromatic carbocycles. The maximum atomic E-state index is 13.3. The van der Waals surface area contributed by atoms with E-state index in [0.29, 0.717) is 18.1 Å². The number of hydrogen-bond acceptors (Lipinski definition) is 4. The van der Waals surface area contributed by atoms with E-state index >= 15 is 0 Å². The van der Waals surface area contributed by atoms with Gasteiger partial charge in [-0.2, -0.15) is 13.2 Å². The van der Waals surface area contributed by atoms with E-state index in [-0.39, 0.29) is 32.3 Å². The number of aromatic nitrogens is 1. The fourth-order valence-electron chi connectivity index (χ4n) is 2.15. The second kappa shape index (κ2) is 8.31. The number of nitrogens with zero attached hydrogens (tertiary/aromatic N) is 2. The van der Waals surface area contributed by atoms with Crippen molar-refractivity contribution in [1.29, 1.82) is 0 Å². The van der Waals surface area contributed by atoms with E-state index in [1.807, 2.05) is 18.7 Å². The zero-order valence-electron chi connectivity index (χ0n) is 13.3. The van der Waals surface area contributed by atoms with Crippen LogP contribution in [0.15, 0.2) is 12.1 Å². The third kappa shape index (κ3) is 5.14. The number of hydrogen-bond donors (Lipinski definition) is 1. The van der Waals surface area contributed by atoms with Gasteiger partial charge < -0.3 is 5.32 Å². The molecule has 0 saturated carbocycles. The minimum Gasteiger partial charge on any atom is -0.329 e. The van der Waals surface area contributed by atoms with Gasteiger partial charge in [0.1, 0.15) is 0 Å². The molecule has 10 heteroatoms. The number of halogens is 6. The third-order valence-electron chi connectivity index (χ3n) is 3.47. The number of thiazole rings is 1. The number of anilines is 2. The maximum Gasteiger partial charge on any atom is 0.434 e. The standard InChI is InChI=1S/C15H15Cl3F3N3S/c1-3-24(4-2)7-11-13(15(19,20)21)23-14(25-11)22-12-9(17)5-8(16)6-10(12)18/h5-6H,3-4,7H2,1-2H3,(H,22,23). The van der Waals surface area contributed by atoms with E-state index < -0.39 is 11.9 Å². The molecule has 0 saturated heterocycles. The first kappa shape index (κ1) is 20.6. The molecule has 0 radical (unpaired) electrons. The molecule has 138 valence electrons. The molecule has 0 aliphatic carbocycles. The molecule has 3 nitrogen and oxygen atoms in total. The van der Waals surface area contributed by atoms with Crippen molar-refractivity contribution < 1.29 is 13.2 Å². The highest BCUT2D eigenvalue weighted by Gasteiger charge is 2.37. The van der Waals surface area contributed by atoms with Gasteiger partial charge in [0.2, 0.25) is 0 Å². The highest BCUT2D eigenvalue weighted by molar-refractivity contribution is 7.15. The molecule has 0 amide bonds. The summed E-state index contributed by atoms with van der Waals surface area (Å²) in [5, 5.41) is 3.58. The van der Waals surface area contributed by atoms with E-state index in [4.69, 9.17) is 34.8 Å². The van der Waals surface area contributed by atoms with Crippen LogP contribution in [0.4, 0.5) is 24.0 Å². The minimum absolute atomic E-state index is 0.0700. The topological polar surface area (TPSA) is 28.2 Å². The second-order valence-electron chi connectivity index (χ2n) is 5.12. The summed E-state index contributed by atoms with van der Waals surface area (Å²) in [6.07, 6.45) is -4.54. The van der Waals surface area contributed by atoms with Crippen LogP contribution in [0.3, 0.4) is 0 Å². The Morgan fingerprint density at radius 3 is 2.16 bits per heavy atom. The molecule has 25 heavy (non-hydrogen) atoms. The van der Waals surface area contributed by atoms with Crippen molar-refractivity contribution in [2.24, 2.45) is 0 Å². The molecule has 0 atom stereocenters. The Morgan fingerprint density at radius 2 is 1.68 bits per heavy atom. The molecule has 0 spiro atoms. The lowest BCUT2D eigenvalue weighted by Crippen LogP contribution is -2.23. The molecule has 1 aromatic heterocycles. The van der Waals surface area contributed by atoms with E-state index in [2.05, 4.69) is 10.3 Å². The smallest absolute Gasteiger partial charge is 0.329 e. The summed E-state index contributed by atoms with van der Waals surface area (Å²) in [6.45, 7) is 5.24. The molecule has 0 aliphatic rings. The van der Waals surface area contributed by atoms with Crippen molar-refractivity contribution >= 4 is 57.0 Å². The zero-order chi connectivity index (χ0) is 18.8. The summed E-state index contributed by atoms with van der Waals surface area (Å²) >= 11 is 18.9. The first-order valence-electron chi connectivity index (χ1n) is 7.36. The number of benzene rings is 1. The quantitative estimate of drug-likeness (QED) is 0.550. The van der Waals surface area contributed by atoms with Crippen LogP contribution < -0.4 is 5.32 Å². The Kier molecular flexibility index (Phi) is 6.84. The summed E-state index contributed by atoms with van der Waals surface area (Å²) in [7, 11) is 0. The summed E-state index contributed by atoms with van der Waals surface area (Å²) in [4.78, 5) is 5.73.